The number of unbranched alkanes of at least 4 members (excludes halogenated alkanes) is 1. The van der Waals surface area contributed by atoms with Crippen molar-refractivity contribution in [1.29, 1.82) is 0 Å². The lowest BCUT2D eigenvalue weighted by Gasteiger charge is -2.47. The van der Waals surface area contributed by atoms with E-state index in [9.17, 15) is 24.9 Å². The molecule has 12 bridgehead atoms. The van der Waals surface area contributed by atoms with Crippen molar-refractivity contribution in [2.75, 3.05) is 19.8 Å². The van der Waals surface area contributed by atoms with Gasteiger partial charge in [0.1, 0.15) is 72.6 Å². The highest BCUT2D eigenvalue weighted by Gasteiger charge is 2.71. The van der Waals surface area contributed by atoms with Crippen LogP contribution >= 0.6 is 31.9 Å². The molecule has 16 fully saturated rings. The van der Waals surface area contributed by atoms with Gasteiger partial charge in [-0.1, -0.05) is 161 Å². The van der Waals surface area contributed by atoms with E-state index in [1.54, 1.807) is 0 Å². The molecule has 0 aromatic rings. The highest BCUT2D eigenvalue weighted by atomic mass is 79.9. The fourth-order valence-corrected chi connectivity index (χ4v) is 25.2. The third-order valence-corrected chi connectivity index (χ3v) is 41.2. The van der Waals surface area contributed by atoms with Gasteiger partial charge in [-0.05, 0) is 187 Å². The van der Waals surface area contributed by atoms with Crippen molar-refractivity contribution >= 4 is 60.1 Å². The molecule has 36 atom stereocenters. The first-order valence-electron chi connectivity index (χ1n) is 47.1. The lowest BCUT2D eigenvalue weighted by atomic mass is 9.78. The number of hydrogen-bond acceptors (Lipinski definition) is 21. The minimum atomic E-state index is -1.90. The Morgan fingerprint density at radius 1 is 0.500 bits per heavy atom. The average Bonchev–Trinajstić information content (AvgIpc) is 1.55. The number of aliphatic hydroxyl groups is 3. The highest BCUT2D eigenvalue weighted by Crippen LogP contribution is 2.58. The van der Waals surface area contributed by atoms with Crippen LogP contribution in [-0.4, -0.2) is 234 Å². The van der Waals surface area contributed by atoms with Gasteiger partial charge < -0.3 is 90.5 Å². The Balaban J connectivity index is 0.000000207. The first-order chi connectivity index (χ1) is 56.5. The van der Waals surface area contributed by atoms with E-state index in [0.29, 0.717) is 120 Å². The Labute approximate surface area is 738 Å². The van der Waals surface area contributed by atoms with Crippen molar-refractivity contribution in [3.05, 3.63) is 46.4 Å². The number of carbonyl (C=O) groups is 2. The molecule has 16 saturated heterocycles. The standard InChI is InChI=1S/C48H79BrO10Si.C47H77BrO11Si/c1-12-13-14-34-20-28(3)30(5)39(53-34)24-40-36(31(6)38(55-40)19-27(2)26-52-60(10,11)47(7,8)9)23-33(51)22-35-15-16-37-42(54-35)46-45-44(56-37)43-41(57-45)25-48(58-43,59-46)18-17-32(50)21-29(4)49;1-26(25-52-60(9,10)46(6,7)8)18-37-30(5)35(39(55-37)23-38-29(4)27(2)19-33(53-38)12-11-17-49)22-32(51)21-34-13-14-36-41(54-34)45-44-43(56-36)42-40(57-44)24-47(58-42,59-45)16-15-31(50)20-28(3)48/h27-28,31-32,34-46,50H,4-5,12-26H2,1-3,6-11H3;26-27,30-31,33-45,49-50H,3-4,11-25H2,1-2,5-10H3/t27-,28+,31+,32+,34-,35+,36?,37-,38+,39?,40-,41+,42-,43-,44-,45+,46-,48-;26-,27+,30+,31+,33-,34+,35?,36-,37+,38?,39-,40+,41-,42-,43-,44+,45-,47-/m00/s1. The second-order valence-corrected chi connectivity index (χ2v) is 55.0. The van der Waals surface area contributed by atoms with Gasteiger partial charge in [0.05, 0.1) is 97.7 Å². The van der Waals surface area contributed by atoms with Crippen molar-refractivity contribution < 1.29 is 100 Å². The molecule has 0 aromatic heterocycles. The van der Waals surface area contributed by atoms with Crippen LogP contribution in [0.2, 0.25) is 36.3 Å². The van der Waals surface area contributed by atoms with Gasteiger partial charge in [-0.15, -0.1) is 0 Å². The molecule has 16 aliphatic heterocycles. The summed E-state index contributed by atoms with van der Waals surface area (Å²) in [6.45, 7) is 57.2. The van der Waals surface area contributed by atoms with Gasteiger partial charge in [0.25, 0.3) is 0 Å². The Bertz CT molecular complexity index is 3260. The number of hydrogen-bond donors (Lipinski definition) is 3. The van der Waals surface area contributed by atoms with Crippen LogP contribution in [0.1, 0.15) is 263 Å². The molecule has 16 rings (SSSR count). The third kappa shape index (κ3) is 22.4. The number of ketones is 2. The molecule has 0 radical (unpaired) electrons. The van der Waals surface area contributed by atoms with Gasteiger partial charge >= 0.3 is 0 Å². The van der Waals surface area contributed by atoms with Gasteiger partial charge in [0.2, 0.25) is 0 Å². The molecule has 16 aliphatic rings. The monoisotopic (exact) mass is 1850 g/mol. The molecule has 16 heterocycles. The predicted octanol–water partition coefficient (Wildman–Crippen LogP) is 18.1. The largest absolute Gasteiger partial charge is 0.417 e. The summed E-state index contributed by atoms with van der Waals surface area (Å²) in [5.41, 5.74) is 2.26. The number of Topliss-reactive ketones (excluding diaryl/α,β-unsaturated/α-hetero) is 2. The Morgan fingerprint density at radius 2 is 0.875 bits per heavy atom. The SMILES string of the molecule is C=C(Br)C[C@H](O)CC[C@@]12C[C@H]3O[C@H]4[C@@H](O1)[C@H]1O[C@@H](CC(=O)CC5[C@H](CC6O[C@@H](CCCC)C[C@@H](C)C6=C)O[C@H](C[C@H](C)CO[Si](C)(C)C(C)(C)C)[C@@H]5C)CC[C@@H]1O[C@H]4[C@H]3O2.C=C(Br)C[C@H](O)CC[C@@]12C[C@H]3O[C@H]4[C@@H](O1)[C@H]1O[C@@H](CC(=O)CC5[C@H](CC6O[C@@H](CCCO)C[C@@H](C)C6=C)O[C@H](C[C@H](C)CO[Si](C)(C)C(C)(C)C)[C@@H]5C)CC[C@@H]1O[C@H]4[C@H]3O2. The Kier molecular flexibility index (Phi) is 32.1. The maximum atomic E-state index is 14.3. The fraction of sp³-hybridized carbons (Fsp3) is 0.895. The maximum absolute atomic E-state index is 14.3. The van der Waals surface area contributed by atoms with Crippen molar-refractivity contribution in [2.45, 2.75) is 470 Å². The van der Waals surface area contributed by atoms with E-state index in [4.69, 9.17) is 75.2 Å². The van der Waals surface area contributed by atoms with Gasteiger partial charge in [-0.3, -0.25) is 9.59 Å². The summed E-state index contributed by atoms with van der Waals surface area (Å²) < 4.78 is 110. The maximum Gasteiger partial charge on any atom is 0.191 e. The highest BCUT2D eigenvalue weighted by molar-refractivity contribution is 9.12. The minimum absolute atomic E-state index is 0.00659. The van der Waals surface area contributed by atoms with Gasteiger partial charge in [0, 0.05) is 96.9 Å². The molecule has 0 aliphatic carbocycles. The van der Waals surface area contributed by atoms with E-state index in [1.165, 1.54) is 0 Å². The molecular weight excluding hydrogens is 1690 g/mol. The molecular formula is C95H156Br2O21Si2. The minimum Gasteiger partial charge on any atom is -0.417 e. The molecule has 0 saturated carbocycles. The van der Waals surface area contributed by atoms with Crippen molar-refractivity contribution in [3.8, 4) is 0 Å². The van der Waals surface area contributed by atoms with Crippen molar-refractivity contribution in [1.82, 2.24) is 0 Å². The number of rotatable bonds is 38. The molecule has 0 spiro atoms. The van der Waals surface area contributed by atoms with E-state index < -0.39 is 40.4 Å². The first kappa shape index (κ1) is 96.5. The summed E-state index contributed by atoms with van der Waals surface area (Å²) in [6.07, 6.45) is 13.8. The van der Waals surface area contributed by atoms with Crippen LogP contribution in [-0.2, 0) is 84.8 Å². The molecule has 21 nitrogen and oxygen atoms in total. The van der Waals surface area contributed by atoms with Crippen LogP contribution in [0, 0.1) is 47.3 Å². The Hall–Kier alpha value is -1.07. The zero-order valence-corrected chi connectivity index (χ0v) is 81.3. The number of fused-ring (bicyclic) bond motifs is 2. The number of halogens is 2. The topological polar surface area (TPSA) is 243 Å². The summed E-state index contributed by atoms with van der Waals surface area (Å²) >= 11 is 6.76. The van der Waals surface area contributed by atoms with Crippen LogP contribution in [0.3, 0.4) is 0 Å². The van der Waals surface area contributed by atoms with Crippen molar-refractivity contribution in [2.24, 2.45) is 47.3 Å². The van der Waals surface area contributed by atoms with Crippen molar-refractivity contribution in [3.63, 3.8) is 0 Å². The first-order valence-corrected chi connectivity index (χ1v) is 54.5. The number of ether oxygens (including phenoxy) is 14. The van der Waals surface area contributed by atoms with Crippen LogP contribution in [0.4, 0.5) is 0 Å². The summed E-state index contributed by atoms with van der Waals surface area (Å²) in [4.78, 5) is 28.6. The fourth-order valence-electron chi connectivity index (χ4n) is 22.2. The van der Waals surface area contributed by atoms with E-state index in [2.05, 4.69) is 174 Å². The second-order valence-electron chi connectivity index (χ2n) is 43.1. The average molecular weight is 1850 g/mol. The van der Waals surface area contributed by atoms with Gasteiger partial charge in [0.15, 0.2) is 28.2 Å². The summed E-state index contributed by atoms with van der Waals surface area (Å²) in [5.74, 6) is 0.530. The van der Waals surface area contributed by atoms with Gasteiger partial charge in [-0.25, -0.2) is 0 Å². The van der Waals surface area contributed by atoms with Crippen LogP contribution in [0.15, 0.2) is 46.4 Å². The predicted molar refractivity (Wildman–Crippen MR) is 474 cm³/mol. The number of aliphatic hydroxyl groups excluding tert-OH is 3. The lowest BCUT2D eigenvalue weighted by molar-refractivity contribution is -0.292. The van der Waals surface area contributed by atoms with Crippen LogP contribution < -0.4 is 0 Å². The zero-order valence-electron chi connectivity index (χ0n) is 76.1. The van der Waals surface area contributed by atoms with E-state index in [0.717, 1.165) is 110 Å². The van der Waals surface area contributed by atoms with Gasteiger partial charge in [-0.2, -0.15) is 0 Å². The summed E-state index contributed by atoms with van der Waals surface area (Å²) in [6, 6.07) is 0. The quantitative estimate of drug-likeness (QED) is 0.0384. The Morgan fingerprint density at radius 3 is 1.25 bits per heavy atom. The molecule has 3 N–H and O–H groups in total. The summed E-state index contributed by atoms with van der Waals surface area (Å²) in [7, 11) is -3.77. The normalized spacial score (nSPS) is 42.2. The second kappa shape index (κ2) is 39.9. The molecule has 0 amide bonds. The summed E-state index contributed by atoms with van der Waals surface area (Å²) in [5, 5.41) is 31.2. The number of carbonyl (C=O) groups excluding carboxylic acids is 2. The smallest absolute Gasteiger partial charge is 0.191 e. The van der Waals surface area contributed by atoms with E-state index >= 15 is 0 Å². The van der Waals surface area contributed by atoms with Crippen LogP contribution in [0.25, 0.3) is 0 Å². The lowest BCUT2D eigenvalue weighted by Crippen LogP contribution is -2.61. The molecule has 25 heteroatoms. The molecule has 120 heavy (non-hydrogen) atoms. The molecule has 4 unspecified atom stereocenters. The molecule has 0 aromatic carbocycles. The third-order valence-electron chi connectivity index (χ3n) is 31.5. The van der Waals surface area contributed by atoms with E-state index in [-0.39, 0.29) is 198 Å². The van der Waals surface area contributed by atoms with E-state index in [1.807, 2.05) is 0 Å². The van der Waals surface area contributed by atoms with Crippen LogP contribution in [0.5, 0.6) is 0 Å². The molecule has 684 valence electrons. The zero-order chi connectivity index (χ0) is 86.6.